The number of aliphatic carboxylic acids is 1. The first-order valence-corrected chi connectivity index (χ1v) is 5.76. The second kappa shape index (κ2) is 16.1. The predicted molar refractivity (Wildman–Crippen MR) is 69.3 cm³/mol. The number of carbonyl (C=O) groups is 2. The molecule has 0 rings (SSSR count). The molecule has 0 bridgehead atoms. The van der Waals surface area contributed by atoms with E-state index in [1.807, 2.05) is 6.92 Å². The maximum atomic E-state index is 10.4. The number of nitrogens with one attached hydrogen (secondary N) is 1. The smallest absolute Gasteiger partial charge is 0.403 e. The van der Waals surface area contributed by atoms with E-state index in [-0.39, 0.29) is 19.2 Å². The van der Waals surface area contributed by atoms with E-state index in [9.17, 15) is 9.59 Å². The van der Waals surface area contributed by atoms with Crippen LogP contribution < -0.4 is 11.5 Å². The molecule has 1 atom stereocenters. The Bertz CT molecular complexity index is 216. The van der Waals surface area contributed by atoms with Crippen LogP contribution in [0, 0.1) is 0 Å². The topological polar surface area (TPSA) is 131 Å². The maximum absolute atomic E-state index is 10.4. The monoisotopic (exact) mass is 286 g/mol. The number of aliphatic hydroxyl groups excluding tert-OH is 1. The van der Waals surface area contributed by atoms with Gasteiger partial charge in [0, 0.05) is 18.2 Å². The summed E-state index contributed by atoms with van der Waals surface area (Å²) in [4.78, 5) is 20.0. The molecule has 0 aliphatic rings. The minimum atomic E-state index is -0.896. The van der Waals surface area contributed by atoms with Crippen LogP contribution in [0.1, 0.15) is 26.7 Å². The molecule has 0 saturated carbocycles. The molecule has 8 heteroatoms. The molecule has 110 valence electrons. The van der Waals surface area contributed by atoms with Crippen LogP contribution in [-0.2, 0) is 9.53 Å². The van der Waals surface area contributed by atoms with Crippen LogP contribution in [0.25, 0.3) is 0 Å². The van der Waals surface area contributed by atoms with Gasteiger partial charge in [-0.25, -0.2) is 4.79 Å². The highest BCUT2D eigenvalue weighted by Crippen LogP contribution is 1.90. The van der Waals surface area contributed by atoms with Gasteiger partial charge < -0.3 is 26.4 Å². The first-order valence-electron chi connectivity index (χ1n) is 5.38. The van der Waals surface area contributed by atoms with Crippen molar-refractivity contribution in [3.05, 3.63) is 0 Å². The number of carbonyl (C=O) groups excluding carboxylic acids is 1. The molecule has 0 aliphatic heterocycles. The fourth-order valence-corrected chi connectivity index (χ4v) is 0.983. The Morgan fingerprint density at radius 2 is 1.94 bits per heavy atom. The Morgan fingerprint density at radius 3 is 2.17 bits per heavy atom. The quantitative estimate of drug-likeness (QED) is 0.520. The zero-order valence-electron chi connectivity index (χ0n) is 10.8. The third-order valence-electron chi connectivity index (χ3n) is 1.61. The summed E-state index contributed by atoms with van der Waals surface area (Å²) in [5.41, 5.74) is -0.738. The molecule has 0 aromatic rings. The number of hydrogen-bond acceptors (Lipinski definition) is 6. The Morgan fingerprint density at radius 1 is 1.39 bits per heavy atom. The predicted octanol–water partition coefficient (Wildman–Crippen LogP) is 1.37. The summed E-state index contributed by atoms with van der Waals surface area (Å²) < 4.78 is 4.17. The Labute approximate surface area is 112 Å². The van der Waals surface area contributed by atoms with Crippen LogP contribution in [0.4, 0.5) is 4.79 Å². The van der Waals surface area contributed by atoms with Gasteiger partial charge in [-0.2, -0.15) is 0 Å². The number of hydrogen-bond donors (Lipinski definition) is 4. The fourth-order valence-electron chi connectivity index (χ4n) is 0.874. The first-order chi connectivity index (χ1) is 7.99. The van der Waals surface area contributed by atoms with Crippen molar-refractivity contribution in [1.29, 1.82) is 0 Å². The summed E-state index contributed by atoms with van der Waals surface area (Å²) >= 11 is 4.72. The van der Waals surface area contributed by atoms with Crippen LogP contribution >= 0.6 is 11.6 Å². The maximum Gasteiger partial charge on any atom is 0.403 e. The molecule has 18 heavy (non-hydrogen) atoms. The summed E-state index contributed by atoms with van der Waals surface area (Å²) in [7, 11) is 0. The lowest BCUT2D eigenvalue weighted by atomic mass is 10.2. The molecule has 0 aromatic heterocycles. The lowest BCUT2D eigenvalue weighted by molar-refractivity contribution is -0.139. The molecule has 0 saturated heterocycles. The summed E-state index contributed by atoms with van der Waals surface area (Å²) in [6, 6.07) is -0.597. The number of carboxylic acid groups (broad SMARTS) is 1. The van der Waals surface area contributed by atoms with Crippen LogP contribution in [-0.4, -0.2) is 47.4 Å². The van der Waals surface area contributed by atoms with E-state index in [2.05, 4.69) is 10.1 Å². The number of halogens is 1. The summed E-state index contributed by atoms with van der Waals surface area (Å²) in [5.74, 6) is -0.896. The second-order valence-electron chi connectivity index (χ2n) is 3.03. The van der Waals surface area contributed by atoms with Crippen molar-refractivity contribution in [1.82, 2.24) is 11.5 Å². The lowest BCUT2D eigenvalue weighted by Crippen LogP contribution is -2.37. The average molecular weight is 287 g/mol. The SMILES string of the molecule is CCCNC(CCO)C(=O)O.CCOC(=O)Cl.N. The van der Waals surface area contributed by atoms with E-state index in [0.29, 0.717) is 13.2 Å². The van der Waals surface area contributed by atoms with Crippen molar-refractivity contribution in [3.8, 4) is 0 Å². The van der Waals surface area contributed by atoms with Crippen LogP contribution in [0.2, 0.25) is 0 Å². The summed E-state index contributed by atoms with van der Waals surface area (Å²) in [5, 5.41) is 19.8. The van der Waals surface area contributed by atoms with Crippen molar-refractivity contribution in [3.63, 3.8) is 0 Å². The number of rotatable bonds is 7. The largest absolute Gasteiger partial charge is 0.480 e. The minimum absolute atomic E-state index is 0. The molecule has 6 N–H and O–H groups in total. The molecule has 1 unspecified atom stereocenters. The van der Waals surface area contributed by atoms with Gasteiger partial charge in [0.05, 0.1) is 6.61 Å². The second-order valence-corrected chi connectivity index (χ2v) is 3.34. The Balaban J connectivity index is -0.000000277. The minimum Gasteiger partial charge on any atom is -0.480 e. The molecule has 0 amide bonds. The third-order valence-corrected chi connectivity index (χ3v) is 1.72. The van der Waals surface area contributed by atoms with Gasteiger partial charge in [0.1, 0.15) is 6.04 Å². The molecule has 0 aromatic carbocycles. The van der Waals surface area contributed by atoms with Gasteiger partial charge in [-0.05, 0) is 26.3 Å². The van der Waals surface area contributed by atoms with E-state index in [4.69, 9.17) is 21.8 Å². The van der Waals surface area contributed by atoms with E-state index in [1.54, 1.807) is 6.92 Å². The van der Waals surface area contributed by atoms with Gasteiger partial charge in [-0.15, -0.1) is 0 Å². The van der Waals surface area contributed by atoms with Crippen molar-refractivity contribution in [2.75, 3.05) is 19.8 Å². The van der Waals surface area contributed by atoms with Gasteiger partial charge in [0.15, 0.2) is 0 Å². The van der Waals surface area contributed by atoms with Crippen LogP contribution in [0.15, 0.2) is 0 Å². The highest BCUT2D eigenvalue weighted by molar-refractivity contribution is 6.61. The zero-order chi connectivity index (χ0) is 13.7. The van der Waals surface area contributed by atoms with E-state index >= 15 is 0 Å². The molecular formula is C10H23ClN2O5. The van der Waals surface area contributed by atoms with Gasteiger partial charge in [-0.1, -0.05) is 6.92 Å². The van der Waals surface area contributed by atoms with Gasteiger partial charge in [0.2, 0.25) is 0 Å². The standard InChI is InChI=1S/C7H15NO3.C3H5ClO2.H3N/c1-2-4-8-6(3-5-9)7(10)11;1-2-6-3(4)5;/h6,8-9H,2-5H2,1H3,(H,10,11);2H2,1H3;1H3. The number of ether oxygens (including phenoxy) is 1. The number of aliphatic hydroxyl groups is 1. The zero-order valence-corrected chi connectivity index (χ0v) is 11.6. The highest BCUT2D eigenvalue weighted by atomic mass is 35.5. The molecule has 0 heterocycles. The molecular weight excluding hydrogens is 264 g/mol. The molecule has 0 radical (unpaired) electrons. The number of carboxylic acids is 1. The van der Waals surface area contributed by atoms with Crippen molar-refractivity contribution >= 4 is 23.0 Å². The highest BCUT2D eigenvalue weighted by Gasteiger charge is 2.14. The van der Waals surface area contributed by atoms with Gasteiger partial charge in [0.25, 0.3) is 0 Å². The fraction of sp³-hybridized carbons (Fsp3) is 0.800. The Hall–Kier alpha value is -0.890. The van der Waals surface area contributed by atoms with Crippen LogP contribution in [0.5, 0.6) is 0 Å². The first kappa shape index (κ1) is 22.3. The van der Waals surface area contributed by atoms with E-state index in [0.717, 1.165) is 6.42 Å². The Kier molecular flexibility index (Phi) is 20.0. The molecule has 0 aliphatic carbocycles. The summed E-state index contributed by atoms with van der Waals surface area (Å²) in [6.07, 6.45) is 1.17. The third kappa shape index (κ3) is 17.5. The van der Waals surface area contributed by atoms with E-state index < -0.39 is 17.4 Å². The normalized spacial score (nSPS) is 10.4. The summed E-state index contributed by atoms with van der Waals surface area (Å²) in [6.45, 7) is 4.60. The molecule has 0 fully saturated rings. The van der Waals surface area contributed by atoms with Crippen molar-refractivity contribution < 1.29 is 24.5 Å². The van der Waals surface area contributed by atoms with E-state index in [1.165, 1.54) is 0 Å². The van der Waals surface area contributed by atoms with Gasteiger partial charge >= 0.3 is 11.4 Å². The van der Waals surface area contributed by atoms with Crippen molar-refractivity contribution in [2.24, 2.45) is 0 Å². The molecule has 7 nitrogen and oxygen atoms in total. The van der Waals surface area contributed by atoms with Crippen molar-refractivity contribution in [2.45, 2.75) is 32.7 Å². The van der Waals surface area contributed by atoms with Gasteiger partial charge in [-0.3, -0.25) is 4.79 Å². The lowest BCUT2D eigenvalue weighted by Gasteiger charge is -2.11. The molecule has 0 spiro atoms. The average Bonchev–Trinajstić information content (AvgIpc) is 2.24. The van der Waals surface area contributed by atoms with Crippen LogP contribution in [0.3, 0.4) is 0 Å².